The first-order chi connectivity index (χ1) is 11.5. The van der Waals surface area contributed by atoms with E-state index in [1.54, 1.807) is 12.1 Å². The first-order valence-electron chi connectivity index (χ1n) is 7.54. The van der Waals surface area contributed by atoms with Crippen LogP contribution in [0.15, 0.2) is 48.5 Å². The van der Waals surface area contributed by atoms with Gasteiger partial charge in [0.15, 0.2) is 0 Å². The van der Waals surface area contributed by atoms with Gasteiger partial charge in [0, 0.05) is 11.1 Å². The first kappa shape index (κ1) is 15.7. The van der Waals surface area contributed by atoms with Crippen molar-refractivity contribution in [1.82, 2.24) is 4.98 Å². The number of hydrogen-bond acceptors (Lipinski definition) is 3. The van der Waals surface area contributed by atoms with Crippen LogP contribution in [0, 0.1) is 31.0 Å². The highest BCUT2D eigenvalue weighted by Crippen LogP contribution is 2.33. The minimum absolute atomic E-state index is 0.175. The van der Waals surface area contributed by atoms with Crippen molar-refractivity contribution in [1.29, 1.82) is 5.26 Å². The molecular weight excluding hydrogens is 301 g/mol. The van der Waals surface area contributed by atoms with Crippen LogP contribution in [0.25, 0.3) is 22.4 Å². The Morgan fingerprint density at radius 2 is 1.71 bits per heavy atom. The van der Waals surface area contributed by atoms with Crippen LogP contribution < -0.4 is 5.73 Å². The molecule has 2 aromatic carbocycles. The smallest absolute Gasteiger partial charge is 0.142 e. The molecule has 0 unspecified atom stereocenters. The summed E-state index contributed by atoms with van der Waals surface area (Å²) >= 11 is 0. The van der Waals surface area contributed by atoms with E-state index in [1.165, 1.54) is 12.1 Å². The summed E-state index contributed by atoms with van der Waals surface area (Å²) in [6.45, 7) is 4.02. The first-order valence-corrected chi connectivity index (χ1v) is 7.54. The van der Waals surface area contributed by atoms with Gasteiger partial charge in [0.2, 0.25) is 0 Å². The van der Waals surface area contributed by atoms with E-state index in [0.29, 0.717) is 11.3 Å². The number of nitrogen functional groups attached to an aromatic ring is 1. The lowest BCUT2D eigenvalue weighted by atomic mass is 9.94. The molecule has 0 radical (unpaired) electrons. The summed E-state index contributed by atoms with van der Waals surface area (Å²) in [5.41, 5.74) is 11.6. The van der Waals surface area contributed by atoms with Gasteiger partial charge in [0.1, 0.15) is 23.3 Å². The summed E-state index contributed by atoms with van der Waals surface area (Å²) < 4.78 is 13.1. The SMILES string of the molecule is Cc1ccc(-c2cc(-c3ccc(F)cc3)nc(N)c2C#N)c(C)c1. The Morgan fingerprint density at radius 1 is 1.00 bits per heavy atom. The lowest BCUT2D eigenvalue weighted by Crippen LogP contribution is -2.00. The molecule has 1 heterocycles. The van der Waals surface area contributed by atoms with Crippen LogP contribution in [0.3, 0.4) is 0 Å². The van der Waals surface area contributed by atoms with Crippen molar-refractivity contribution >= 4 is 5.82 Å². The van der Waals surface area contributed by atoms with Crippen molar-refractivity contribution in [2.75, 3.05) is 5.73 Å². The number of nitrogens with two attached hydrogens (primary N) is 1. The van der Waals surface area contributed by atoms with Gasteiger partial charge in [0.05, 0.1) is 5.69 Å². The highest BCUT2D eigenvalue weighted by atomic mass is 19.1. The Bertz CT molecular complexity index is 954. The zero-order chi connectivity index (χ0) is 17.3. The fraction of sp³-hybridized carbons (Fsp3) is 0.100. The maximum Gasteiger partial charge on any atom is 0.142 e. The largest absolute Gasteiger partial charge is 0.383 e. The molecule has 0 aliphatic carbocycles. The van der Waals surface area contributed by atoms with Crippen LogP contribution in [0.2, 0.25) is 0 Å². The summed E-state index contributed by atoms with van der Waals surface area (Å²) in [6.07, 6.45) is 0. The summed E-state index contributed by atoms with van der Waals surface area (Å²) in [6, 6.07) is 16.1. The van der Waals surface area contributed by atoms with Crippen LogP contribution in [-0.4, -0.2) is 4.98 Å². The molecule has 2 N–H and O–H groups in total. The van der Waals surface area contributed by atoms with Gasteiger partial charge in [-0.2, -0.15) is 5.26 Å². The number of nitriles is 1. The zero-order valence-electron chi connectivity index (χ0n) is 13.5. The molecule has 4 heteroatoms. The standard InChI is InChI=1S/C20H16FN3/c1-12-3-8-16(13(2)9-12)17-10-19(24-20(23)18(17)11-22)14-4-6-15(21)7-5-14/h3-10H,1-2H3,(H2,23,24). The molecule has 0 saturated heterocycles. The molecule has 3 aromatic rings. The van der Waals surface area contributed by atoms with Gasteiger partial charge in [-0.05, 0) is 55.3 Å². The number of aryl methyl sites for hydroxylation is 2. The average Bonchev–Trinajstić information content (AvgIpc) is 2.55. The minimum Gasteiger partial charge on any atom is -0.383 e. The van der Waals surface area contributed by atoms with E-state index in [1.807, 2.05) is 32.0 Å². The monoisotopic (exact) mass is 317 g/mol. The van der Waals surface area contributed by atoms with Gasteiger partial charge in [0.25, 0.3) is 0 Å². The lowest BCUT2D eigenvalue weighted by molar-refractivity contribution is 0.628. The van der Waals surface area contributed by atoms with E-state index in [9.17, 15) is 9.65 Å². The van der Waals surface area contributed by atoms with Gasteiger partial charge < -0.3 is 5.73 Å². The van der Waals surface area contributed by atoms with Crippen molar-refractivity contribution in [3.8, 4) is 28.5 Å². The molecule has 0 atom stereocenters. The van der Waals surface area contributed by atoms with Crippen LogP contribution in [0.4, 0.5) is 10.2 Å². The van der Waals surface area contributed by atoms with Gasteiger partial charge >= 0.3 is 0 Å². The second kappa shape index (κ2) is 6.13. The summed E-state index contributed by atoms with van der Waals surface area (Å²) in [7, 11) is 0. The fourth-order valence-electron chi connectivity index (χ4n) is 2.78. The van der Waals surface area contributed by atoms with Crippen molar-refractivity contribution in [2.45, 2.75) is 13.8 Å². The van der Waals surface area contributed by atoms with Crippen LogP contribution in [0.5, 0.6) is 0 Å². The molecule has 118 valence electrons. The maximum atomic E-state index is 13.1. The zero-order valence-corrected chi connectivity index (χ0v) is 13.5. The van der Waals surface area contributed by atoms with Crippen molar-refractivity contribution < 1.29 is 4.39 Å². The second-order valence-corrected chi connectivity index (χ2v) is 5.75. The predicted molar refractivity (Wildman–Crippen MR) is 93.7 cm³/mol. The van der Waals surface area contributed by atoms with Crippen molar-refractivity contribution in [2.24, 2.45) is 0 Å². The molecule has 0 spiro atoms. The van der Waals surface area contributed by atoms with Gasteiger partial charge in [-0.25, -0.2) is 9.37 Å². The minimum atomic E-state index is -0.310. The molecular formula is C20H16FN3. The van der Waals surface area contributed by atoms with E-state index in [-0.39, 0.29) is 11.6 Å². The number of nitrogens with zero attached hydrogens (tertiary/aromatic N) is 2. The molecule has 3 nitrogen and oxygen atoms in total. The summed E-state index contributed by atoms with van der Waals surface area (Å²) in [5.74, 6) is -0.135. The quantitative estimate of drug-likeness (QED) is 0.750. The fourth-order valence-corrected chi connectivity index (χ4v) is 2.78. The molecule has 24 heavy (non-hydrogen) atoms. The van der Waals surface area contributed by atoms with E-state index >= 15 is 0 Å². The number of rotatable bonds is 2. The summed E-state index contributed by atoms with van der Waals surface area (Å²) in [5, 5.41) is 9.48. The van der Waals surface area contributed by atoms with Gasteiger partial charge in [-0.15, -0.1) is 0 Å². The molecule has 0 saturated carbocycles. The Balaban J connectivity index is 2.24. The Kier molecular flexibility index (Phi) is 4.01. The van der Waals surface area contributed by atoms with E-state index in [2.05, 4.69) is 17.1 Å². The lowest BCUT2D eigenvalue weighted by Gasteiger charge is -2.13. The molecule has 0 bridgehead atoms. The van der Waals surface area contributed by atoms with Crippen LogP contribution in [0.1, 0.15) is 16.7 Å². The highest BCUT2D eigenvalue weighted by molar-refractivity contribution is 5.81. The normalized spacial score (nSPS) is 10.4. The third-order valence-electron chi connectivity index (χ3n) is 3.97. The van der Waals surface area contributed by atoms with Crippen LogP contribution in [-0.2, 0) is 0 Å². The Morgan fingerprint density at radius 3 is 2.33 bits per heavy atom. The summed E-state index contributed by atoms with van der Waals surface area (Å²) in [4.78, 5) is 4.31. The van der Waals surface area contributed by atoms with Crippen molar-refractivity contribution in [3.63, 3.8) is 0 Å². The molecule has 0 amide bonds. The highest BCUT2D eigenvalue weighted by Gasteiger charge is 2.15. The number of benzene rings is 2. The van der Waals surface area contributed by atoms with Gasteiger partial charge in [-0.3, -0.25) is 0 Å². The molecule has 0 fully saturated rings. The second-order valence-electron chi connectivity index (χ2n) is 5.75. The Labute approximate surface area is 140 Å². The molecule has 1 aromatic heterocycles. The molecule has 0 aliphatic heterocycles. The van der Waals surface area contributed by atoms with Crippen molar-refractivity contribution in [3.05, 3.63) is 71.0 Å². The molecule has 0 aliphatic rings. The number of anilines is 1. The third kappa shape index (κ3) is 2.84. The Hall–Kier alpha value is -3.19. The third-order valence-corrected chi connectivity index (χ3v) is 3.97. The number of halogens is 1. The molecule has 3 rings (SSSR count). The average molecular weight is 317 g/mol. The number of pyridine rings is 1. The maximum absolute atomic E-state index is 13.1. The van der Waals surface area contributed by atoms with Crippen LogP contribution >= 0.6 is 0 Å². The van der Waals surface area contributed by atoms with E-state index in [4.69, 9.17) is 5.73 Å². The predicted octanol–water partition coefficient (Wildman–Crippen LogP) is 4.63. The topological polar surface area (TPSA) is 62.7 Å². The number of hydrogen-bond donors (Lipinski definition) is 1. The van der Waals surface area contributed by atoms with E-state index in [0.717, 1.165) is 27.8 Å². The van der Waals surface area contributed by atoms with E-state index < -0.39 is 0 Å². The van der Waals surface area contributed by atoms with Gasteiger partial charge in [-0.1, -0.05) is 23.8 Å². The number of aromatic nitrogens is 1.